The molecule has 27 heavy (non-hydrogen) atoms. The normalized spacial score (nSPS) is 12.0. The number of para-hydroxylation sites is 1. The van der Waals surface area contributed by atoms with Gasteiger partial charge >= 0.3 is 0 Å². The number of aliphatic imine (C=N–C) groups is 1. The highest BCUT2D eigenvalue weighted by Gasteiger charge is 2.12. The number of phenols is 1. The summed E-state index contributed by atoms with van der Waals surface area (Å²) in [7, 11) is 0. The molecule has 0 radical (unpaired) electrons. The van der Waals surface area contributed by atoms with Crippen LogP contribution in [0.5, 0.6) is 11.5 Å². The van der Waals surface area contributed by atoms with Crippen molar-refractivity contribution in [2.75, 3.05) is 13.1 Å². The molecule has 0 bridgehead atoms. The van der Waals surface area contributed by atoms with Crippen LogP contribution >= 0.6 is 24.0 Å². The molecule has 2 rings (SSSR count). The maximum absolute atomic E-state index is 13.7. The summed E-state index contributed by atoms with van der Waals surface area (Å²) >= 11 is 0. The Morgan fingerprint density at radius 2 is 1.81 bits per heavy atom. The topological polar surface area (TPSA) is 65.9 Å². The SMILES string of the molecule is CCNC(=NCc1ccc(O)cc1)NCC(CC)Oc1ccccc1F.I. The van der Waals surface area contributed by atoms with Gasteiger partial charge < -0.3 is 20.5 Å². The molecule has 0 aliphatic carbocycles. The maximum Gasteiger partial charge on any atom is 0.191 e. The number of aromatic hydroxyl groups is 1. The number of benzene rings is 2. The first-order chi connectivity index (χ1) is 12.6. The number of halogens is 2. The quantitative estimate of drug-likeness (QED) is 0.299. The zero-order valence-corrected chi connectivity index (χ0v) is 17.9. The van der Waals surface area contributed by atoms with Gasteiger partial charge in [-0.15, -0.1) is 24.0 Å². The minimum atomic E-state index is -0.362. The van der Waals surface area contributed by atoms with Crippen molar-refractivity contribution in [3.63, 3.8) is 0 Å². The highest BCUT2D eigenvalue weighted by molar-refractivity contribution is 14.0. The van der Waals surface area contributed by atoms with Crippen molar-refractivity contribution in [1.82, 2.24) is 10.6 Å². The summed E-state index contributed by atoms with van der Waals surface area (Å²) in [4.78, 5) is 4.53. The van der Waals surface area contributed by atoms with Crippen LogP contribution in [-0.4, -0.2) is 30.3 Å². The van der Waals surface area contributed by atoms with E-state index in [0.717, 1.165) is 18.5 Å². The Morgan fingerprint density at radius 3 is 2.44 bits per heavy atom. The van der Waals surface area contributed by atoms with Crippen molar-refractivity contribution in [2.24, 2.45) is 4.99 Å². The number of hydrogen-bond donors (Lipinski definition) is 3. The Kier molecular flexibility index (Phi) is 10.5. The Balaban J connectivity index is 0.00000364. The molecule has 1 unspecified atom stereocenters. The van der Waals surface area contributed by atoms with Crippen LogP contribution in [0.1, 0.15) is 25.8 Å². The van der Waals surface area contributed by atoms with Gasteiger partial charge in [0, 0.05) is 6.54 Å². The average Bonchev–Trinajstić information content (AvgIpc) is 2.65. The van der Waals surface area contributed by atoms with Crippen molar-refractivity contribution in [3.8, 4) is 11.5 Å². The van der Waals surface area contributed by atoms with Crippen LogP contribution in [-0.2, 0) is 6.54 Å². The molecule has 0 fully saturated rings. The van der Waals surface area contributed by atoms with Gasteiger partial charge in [0.05, 0.1) is 13.1 Å². The first-order valence-corrected chi connectivity index (χ1v) is 8.83. The van der Waals surface area contributed by atoms with Crippen LogP contribution in [0.2, 0.25) is 0 Å². The molecule has 148 valence electrons. The van der Waals surface area contributed by atoms with E-state index < -0.39 is 0 Å². The van der Waals surface area contributed by atoms with Gasteiger partial charge in [0.25, 0.3) is 0 Å². The number of hydrogen-bond acceptors (Lipinski definition) is 3. The van der Waals surface area contributed by atoms with Crippen molar-refractivity contribution >= 4 is 29.9 Å². The van der Waals surface area contributed by atoms with Crippen molar-refractivity contribution < 1.29 is 14.2 Å². The van der Waals surface area contributed by atoms with Crippen LogP contribution in [0.4, 0.5) is 4.39 Å². The Morgan fingerprint density at radius 1 is 1.11 bits per heavy atom. The molecule has 5 nitrogen and oxygen atoms in total. The summed E-state index contributed by atoms with van der Waals surface area (Å²) in [6, 6.07) is 13.3. The average molecular weight is 487 g/mol. The zero-order valence-electron chi connectivity index (χ0n) is 15.6. The lowest BCUT2D eigenvalue weighted by Gasteiger charge is -2.20. The number of ether oxygens (including phenoxy) is 1. The molecule has 0 saturated carbocycles. The predicted octanol–water partition coefficient (Wildman–Crippen LogP) is 4.06. The second kappa shape index (κ2) is 12.4. The molecule has 3 N–H and O–H groups in total. The van der Waals surface area contributed by atoms with Gasteiger partial charge in [-0.3, -0.25) is 0 Å². The van der Waals surface area contributed by atoms with Gasteiger partial charge in [-0.1, -0.05) is 31.2 Å². The highest BCUT2D eigenvalue weighted by Crippen LogP contribution is 2.17. The molecule has 1 atom stereocenters. The van der Waals surface area contributed by atoms with E-state index in [2.05, 4.69) is 15.6 Å². The van der Waals surface area contributed by atoms with Gasteiger partial charge in [0.2, 0.25) is 0 Å². The standard InChI is InChI=1S/C20H26FN3O2.HI/c1-3-17(26-19-8-6-5-7-18(19)21)14-24-20(22-4-2)23-13-15-9-11-16(25)12-10-15;/h5-12,17,25H,3-4,13-14H2,1-2H3,(H2,22,23,24);1H. The summed E-state index contributed by atoms with van der Waals surface area (Å²) in [5.41, 5.74) is 0.995. The monoisotopic (exact) mass is 487 g/mol. The largest absolute Gasteiger partial charge is 0.508 e. The molecule has 0 saturated heterocycles. The van der Waals surface area contributed by atoms with Gasteiger partial charge in [-0.05, 0) is 43.2 Å². The van der Waals surface area contributed by atoms with Gasteiger partial charge in [0.15, 0.2) is 17.5 Å². The Bertz CT molecular complexity index is 711. The van der Waals surface area contributed by atoms with E-state index in [1.54, 1.807) is 30.3 Å². The minimum absolute atomic E-state index is 0. The van der Waals surface area contributed by atoms with Crippen LogP contribution in [0, 0.1) is 5.82 Å². The Labute approximate surface area is 177 Å². The summed E-state index contributed by atoms with van der Waals surface area (Å²) in [6.07, 6.45) is 0.558. The van der Waals surface area contributed by atoms with E-state index >= 15 is 0 Å². The number of rotatable bonds is 8. The number of guanidine groups is 1. The fourth-order valence-corrected chi connectivity index (χ4v) is 2.31. The number of nitrogens with zero attached hydrogens (tertiary/aromatic N) is 1. The summed E-state index contributed by atoms with van der Waals surface area (Å²) in [5.74, 6) is 0.793. The van der Waals surface area contributed by atoms with E-state index in [4.69, 9.17) is 4.74 Å². The second-order valence-corrected chi connectivity index (χ2v) is 5.82. The first-order valence-electron chi connectivity index (χ1n) is 8.83. The third-order valence-electron chi connectivity index (χ3n) is 3.78. The highest BCUT2D eigenvalue weighted by atomic mass is 127. The molecule has 7 heteroatoms. The number of phenolic OH excluding ortho intramolecular Hbond substituents is 1. The first kappa shape index (κ1) is 23.0. The van der Waals surface area contributed by atoms with Crippen molar-refractivity contribution in [3.05, 3.63) is 59.9 Å². The molecule has 0 aromatic heterocycles. The van der Waals surface area contributed by atoms with Crippen LogP contribution in [0.3, 0.4) is 0 Å². The summed E-state index contributed by atoms with van der Waals surface area (Å²) < 4.78 is 19.5. The molecule has 2 aromatic carbocycles. The van der Waals surface area contributed by atoms with Crippen molar-refractivity contribution in [1.29, 1.82) is 0 Å². The van der Waals surface area contributed by atoms with E-state index in [0.29, 0.717) is 19.0 Å². The number of nitrogens with one attached hydrogen (secondary N) is 2. The van der Waals surface area contributed by atoms with Crippen LogP contribution in [0.25, 0.3) is 0 Å². The fourth-order valence-electron chi connectivity index (χ4n) is 2.31. The molecular weight excluding hydrogens is 460 g/mol. The lowest BCUT2D eigenvalue weighted by Crippen LogP contribution is -2.42. The molecule has 0 heterocycles. The molecular formula is C20H27FIN3O2. The molecule has 2 aromatic rings. The molecule has 0 aliphatic heterocycles. The fraction of sp³-hybridized carbons (Fsp3) is 0.350. The van der Waals surface area contributed by atoms with E-state index in [9.17, 15) is 9.50 Å². The van der Waals surface area contributed by atoms with Crippen molar-refractivity contribution in [2.45, 2.75) is 32.9 Å². The molecule has 0 amide bonds. The second-order valence-electron chi connectivity index (χ2n) is 5.82. The van der Waals surface area contributed by atoms with Gasteiger partial charge in [-0.2, -0.15) is 0 Å². The van der Waals surface area contributed by atoms with Crippen LogP contribution in [0.15, 0.2) is 53.5 Å². The third kappa shape index (κ3) is 8.03. The smallest absolute Gasteiger partial charge is 0.191 e. The van der Waals surface area contributed by atoms with E-state index in [1.807, 2.05) is 26.0 Å². The molecule has 0 aliphatic rings. The lowest BCUT2D eigenvalue weighted by atomic mass is 10.2. The summed E-state index contributed by atoms with van der Waals surface area (Å²) in [6.45, 7) is 5.71. The van der Waals surface area contributed by atoms with E-state index in [1.165, 1.54) is 6.07 Å². The summed E-state index contributed by atoms with van der Waals surface area (Å²) in [5, 5.41) is 15.7. The molecule has 0 spiro atoms. The van der Waals surface area contributed by atoms with Gasteiger partial charge in [0.1, 0.15) is 11.9 Å². The maximum atomic E-state index is 13.7. The van der Waals surface area contributed by atoms with Crippen LogP contribution < -0.4 is 15.4 Å². The third-order valence-corrected chi connectivity index (χ3v) is 3.78. The minimum Gasteiger partial charge on any atom is -0.508 e. The zero-order chi connectivity index (χ0) is 18.8. The van der Waals surface area contributed by atoms with E-state index in [-0.39, 0.29) is 47.4 Å². The lowest BCUT2D eigenvalue weighted by molar-refractivity contribution is 0.191. The predicted molar refractivity (Wildman–Crippen MR) is 117 cm³/mol. The van der Waals surface area contributed by atoms with Gasteiger partial charge in [-0.25, -0.2) is 9.38 Å². The Hall–Kier alpha value is -2.03.